The van der Waals surface area contributed by atoms with E-state index in [1.807, 2.05) is 6.19 Å². The number of nitrogens with one attached hydrogen (secondary N) is 1. The lowest BCUT2D eigenvalue weighted by atomic mass is 9.94. The van der Waals surface area contributed by atoms with Crippen LogP contribution in [0.5, 0.6) is 0 Å². The van der Waals surface area contributed by atoms with Gasteiger partial charge >= 0.3 is 0 Å². The van der Waals surface area contributed by atoms with Crippen LogP contribution in [0, 0.1) is 11.5 Å². The van der Waals surface area contributed by atoms with Crippen molar-refractivity contribution in [2.75, 3.05) is 13.1 Å². The van der Waals surface area contributed by atoms with E-state index in [4.69, 9.17) is 5.26 Å². The van der Waals surface area contributed by atoms with Gasteiger partial charge in [-0.15, -0.1) is 0 Å². The highest BCUT2D eigenvalue weighted by molar-refractivity contribution is 5.17. The van der Waals surface area contributed by atoms with Crippen molar-refractivity contribution in [1.29, 1.82) is 5.26 Å². The highest BCUT2D eigenvalue weighted by Crippen LogP contribution is 2.31. The number of nitrogens with zero attached hydrogens (tertiary/aromatic N) is 2. The van der Waals surface area contributed by atoms with E-state index in [0.29, 0.717) is 24.7 Å². The quantitative estimate of drug-likeness (QED) is 0.797. The summed E-state index contributed by atoms with van der Waals surface area (Å²) in [7, 11) is 0. The number of alkyl halides is 1. The number of halogens is 1. The molecule has 4 heteroatoms. The third kappa shape index (κ3) is 3.62. The summed E-state index contributed by atoms with van der Waals surface area (Å²) in [6, 6.07) is 0.358. The van der Waals surface area contributed by atoms with Gasteiger partial charge in [-0.25, -0.2) is 4.39 Å². The molecule has 0 aromatic carbocycles. The lowest BCUT2D eigenvalue weighted by molar-refractivity contribution is 0.206. The second-order valence-corrected chi connectivity index (χ2v) is 5.90. The SMILES string of the molecule is C=C(NC1CCCCCCC1)C1(F)CCN(C#N)C1. The zero-order valence-electron chi connectivity index (χ0n) is 11.6. The van der Waals surface area contributed by atoms with E-state index in [1.165, 1.54) is 37.0 Å². The Kier molecular flexibility index (Phi) is 4.68. The topological polar surface area (TPSA) is 39.1 Å². The van der Waals surface area contributed by atoms with Crippen molar-refractivity contribution in [3.8, 4) is 6.19 Å². The Morgan fingerprint density at radius 1 is 1.26 bits per heavy atom. The van der Waals surface area contributed by atoms with Crippen molar-refractivity contribution in [2.24, 2.45) is 0 Å². The second kappa shape index (κ2) is 6.27. The Balaban J connectivity index is 1.87. The number of hydrogen-bond acceptors (Lipinski definition) is 3. The van der Waals surface area contributed by atoms with Crippen LogP contribution >= 0.6 is 0 Å². The Hall–Kier alpha value is -1.24. The number of nitriles is 1. The molecule has 1 N–H and O–H groups in total. The van der Waals surface area contributed by atoms with Crippen molar-refractivity contribution < 1.29 is 4.39 Å². The van der Waals surface area contributed by atoms with Gasteiger partial charge in [0.1, 0.15) is 0 Å². The molecule has 2 fully saturated rings. The van der Waals surface area contributed by atoms with E-state index >= 15 is 0 Å². The summed E-state index contributed by atoms with van der Waals surface area (Å²) in [4.78, 5) is 1.48. The maximum Gasteiger partial charge on any atom is 0.179 e. The Morgan fingerprint density at radius 3 is 2.47 bits per heavy atom. The first-order chi connectivity index (χ1) is 9.14. The first kappa shape index (κ1) is 14.2. The zero-order valence-corrected chi connectivity index (χ0v) is 11.6. The maximum atomic E-state index is 14.7. The van der Waals surface area contributed by atoms with Crippen molar-refractivity contribution in [3.63, 3.8) is 0 Å². The molecule has 1 saturated heterocycles. The van der Waals surface area contributed by atoms with Crippen LogP contribution in [-0.4, -0.2) is 29.7 Å². The average Bonchev–Trinajstić information content (AvgIpc) is 2.76. The van der Waals surface area contributed by atoms with E-state index in [1.54, 1.807) is 0 Å². The minimum Gasteiger partial charge on any atom is -0.383 e. The van der Waals surface area contributed by atoms with Gasteiger partial charge in [-0.2, -0.15) is 5.26 Å². The molecule has 0 aromatic heterocycles. The average molecular weight is 265 g/mol. The molecule has 1 saturated carbocycles. The molecule has 0 spiro atoms. The molecule has 0 radical (unpaired) electrons. The van der Waals surface area contributed by atoms with Gasteiger partial charge in [0.05, 0.1) is 6.54 Å². The second-order valence-electron chi connectivity index (χ2n) is 5.90. The molecule has 1 heterocycles. The molecule has 1 aliphatic carbocycles. The Morgan fingerprint density at radius 2 is 1.89 bits per heavy atom. The van der Waals surface area contributed by atoms with E-state index in [9.17, 15) is 4.39 Å². The molecular formula is C15H24FN3. The lowest BCUT2D eigenvalue weighted by Crippen LogP contribution is -2.40. The predicted octanol–water partition coefficient (Wildman–Crippen LogP) is 3.10. The highest BCUT2D eigenvalue weighted by Gasteiger charge is 2.41. The van der Waals surface area contributed by atoms with Crippen molar-refractivity contribution >= 4 is 0 Å². The van der Waals surface area contributed by atoms with Crippen LogP contribution in [-0.2, 0) is 0 Å². The first-order valence-corrected chi connectivity index (χ1v) is 7.43. The fraction of sp³-hybridized carbons (Fsp3) is 0.800. The van der Waals surface area contributed by atoms with Gasteiger partial charge in [0.25, 0.3) is 0 Å². The van der Waals surface area contributed by atoms with Crippen molar-refractivity contribution in [3.05, 3.63) is 12.3 Å². The Labute approximate surface area is 115 Å². The molecule has 1 aliphatic heterocycles. The van der Waals surface area contributed by atoms with Crippen LogP contribution < -0.4 is 5.32 Å². The fourth-order valence-corrected chi connectivity index (χ4v) is 3.08. The molecule has 19 heavy (non-hydrogen) atoms. The maximum absolute atomic E-state index is 14.7. The Bertz CT molecular complexity index is 355. The molecule has 2 rings (SSSR count). The van der Waals surface area contributed by atoms with Crippen molar-refractivity contribution in [2.45, 2.75) is 63.1 Å². The smallest absolute Gasteiger partial charge is 0.179 e. The number of likely N-dealkylation sites (tertiary alicyclic amines) is 1. The van der Waals surface area contributed by atoms with E-state index in [0.717, 1.165) is 12.8 Å². The molecule has 1 atom stereocenters. The summed E-state index contributed by atoms with van der Waals surface area (Å²) in [5.74, 6) is 0. The highest BCUT2D eigenvalue weighted by atomic mass is 19.1. The number of hydrogen-bond donors (Lipinski definition) is 1. The summed E-state index contributed by atoms with van der Waals surface area (Å²) in [6.07, 6.45) is 10.9. The third-order valence-electron chi connectivity index (χ3n) is 4.39. The van der Waals surface area contributed by atoms with Crippen LogP contribution in [0.25, 0.3) is 0 Å². The van der Waals surface area contributed by atoms with E-state index < -0.39 is 5.67 Å². The minimum atomic E-state index is -1.43. The van der Waals surface area contributed by atoms with Gasteiger partial charge in [-0.1, -0.05) is 38.7 Å². The molecule has 2 aliphatic rings. The summed E-state index contributed by atoms with van der Waals surface area (Å²) in [5.41, 5.74) is -0.950. The van der Waals surface area contributed by atoms with Crippen LogP contribution in [0.15, 0.2) is 12.3 Å². The van der Waals surface area contributed by atoms with Crippen LogP contribution in [0.2, 0.25) is 0 Å². The largest absolute Gasteiger partial charge is 0.383 e. The normalized spacial score (nSPS) is 29.4. The summed E-state index contributed by atoms with van der Waals surface area (Å²) in [6.45, 7) is 4.56. The predicted molar refractivity (Wildman–Crippen MR) is 74.0 cm³/mol. The molecule has 0 aromatic rings. The van der Waals surface area contributed by atoms with Gasteiger partial charge in [0.2, 0.25) is 0 Å². The van der Waals surface area contributed by atoms with Gasteiger partial charge in [0, 0.05) is 24.7 Å². The molecule has 3 nitrogen and oxygen atoms in total. The number of rotatable bonds is 3. The standard InChI is InChI=1S/C15H24FN3/c1-13(15(16)9-10-19(11-15)12-17)18-14-7-5-3-2-4-6-8-14/h14,18H,1-11H2. The summed E-state index contributed by atoms with van der Waals surface area (Å²) >= 11 is 0. The molecule has 1 unspecified atom stereocenters. The van der Waals surface area contributed by atoms with Gasteiger partial charge in [-0.05, 0) is 12.8 Å². The van der Waals surface area contributed by atoms with Gasteiger partial charge < -0.3 is 10.2 Å². The van der Waals surface area contributed by atoms with Crippen LogP contribution in [0.1, 0.15) is 51.4 Å². The fourth-order valence-electron chi connectivity index (χ4n) is 3.08. The van der Waals surface area contributed by atoms with Crippen LogP contribution in [0.3, 0.4) is 0 Å². The zero-order chi connectivity index (χ0) is 13.7. The lowest BCUT2D eigenvalue weighted by Gasteiger charge is -2.29. The van der Waals surface area contributed by atoms with Gasteiger partial charge in [-0.3, -0.25) is 0 Å². The molecule has 0 bridgehead atoms. The molecule has 106 valence electrons. The first-order valence-electron chi connectivity index (χ1n) is 7.43. The van der Waals surface area contributed by atoms with Crippen molar-refractivity contribution in [1.82, 2.24) is 10.2 Å². The third-order valence-corrected chi connectivity index (χ3v) is 4.39. The van der Waals surface area contributed by atoms with E-state index in [2.05, 4.69) is 11.9 Å². The van der Waals surface area contributed by atoms with Gasteiger partial charge in [0.15, 0.2) is 11.9 Å². The summed E-state index contributed by atoms with van der Waals surface area (Å²) in [5, 5.41) is 12.1. The monoisotopic (exact) mass is 265 g/mol. The van der Waals surface area contributed by atoms with E-state index in [-0.39, 0.29) is 6.54 Å². The minimum absolute atomic E-state index is 0.155. The molecule has 0 amide bonds. The van der Waals surface area contributed by atoms with Crippen LogP contribution in [0.4, 0.5) is 4.39 Å². The summed E-state index contributed by atoms with van der Waals surface area (Å²) < 4.78 is 14.7. The molecular weight excluding hydrogens is 241 g/mol.